The summed E-state index contributed by atoms with van der Waals surface area (Å²) < 4.78 is 0. The summed E-state index contributed by atoms with van der Waals surface area (Å²) in [5.41, 5.74) is 7.91. The number of aliphatic hydroxyl groups is 1. The fourth-order valence-electron chi connectivity index (χ4n) is 2.32. The van der Waals surface area contributed by atoms with E-state index in [1.165, 1.54) is 0 Å². The number of amidine groups is 1. The highest BCUT2D eigenvalue weighted by molar-refractivity contribution is 6.02. The van der Waals surface area contributed by atoms with Gasteiger partial charge >= 0.3 is 0 Å². The largest absolute Gasteiger partial charge is 0.409 e. The summed E-state index contributed by atoms with van der Waals surface area (Å²) in [4.78, 5) is 1.93. The number of nitrogens with zero attached hydrogens (tertiary/aromatic N) is 4. The minimum Gasteiger partial charge on any atom is -0.409 e. The van der Waals surface area contributed by atoms with Crippen molar-refractivity contribution in [2.45, 2.75) is 32.8 Å². The number of aryl methyl sites for hydroxylation is 1. The molecule has 19 heavy (non-hydrogen) atoms. The molecule has 1 unspecified atom stereocenters. The molecule has 1 saturated heterocycles. The lowest BCUT2D eigenvalue weighted by Gasteiger charge is -2.32. The van der Waals surface area contributed by atoms with Gasteiger partial charge in [-0.05, 0) is 32.3 Å². The molecule has 2 heterocycles. The minimum absolute atomic E-state index is 0.0190. The predicted octanol–water partition coefficient (Wildman–Crippen LogP) is 0.149. The highest BCUT2D eigenvalue weighted by atomic mass is 16.4. The van der Waals surface area contributed by atoms with Crippen LogP contribution in [-0.2, 0) is 0 Å². The molecule has 1 atom stereocenters. The second kappa shape index (κ2) is 5.40. The number of hydrogen-bond acceptors (Lipinski definition) is 6. The molecule has 1 aliphatic rings. The summed E-state index contributed by atoms with van der Waals surface area (Å²) >= 11 is 0. The van der Waals surface area contributed by atoms with Gasteiger partial charge in [0.05, 0.1) is 17.4 Å². The molecule has 1 fully saturated rings. The lowest BCUT2D eigenvalue weighted by Crippen LogP contribution is -2.40. The highest BCUT2D eigenvalue weighted by Crippen LogP contribution is 2.24. The monoisotopic (exact) mass is 265 g/mol. The molecule has 7 nitrogen and oxygen atoms in total. The van der Waals surface area contributed by atoms with Crippen LogP contribution in [0, 0.1) is 13.8 Å². The first kappa shape index (κ1) is 13.5. The number of rotatable bonds is 2. The van der Waals surface area contributed by atoms with Crippen LogP contribution in [-0.4, -0.2) is 45.5 Å². The Labute approximate surface area is 111 Å². The molecule has 1 aromatic heterocycles. The van der Waals surface area contributed by atoms with E-state index in [4.69, 9.17) is 10.9 Å². The Bertz CT molecular complexity index is 503. The van der Waals surface area contributed by atoms with Crippen LogP contribution in [0.1, 0.15) is 29.7 Å². The van der Waals surface area contributed by atoms with Crippen molar-refractivity contribution in [2.24, 2.45) is 10.9 Å². The molecule has 0 aromatic carbocycles. The van der Waals surface area contributed by atoms with Crippen molar-refractivity contribution in [2.75, 3.05) is 18.0 Å². The Kier molecular flexibility index (Phi) is 3.84. The topological polar surface area (TPSA) is 108 Å². The van der Waals surface area contributed by atoms with Crippen LogP contribution in [0.2, 0.25) is 0 Å². The number of anilines is 1. The van der Waals surface area contributed by atoms with Gasteiger partial charge in [-0.3, -0.25) is 0 Å². The lowest BCUT2D eigenvalue weighted by atomic mass is 10.0. The number of piperidine rings is 1. The standard InChI is InChI=1S/C12H19N5O2/c1-7-8(2)14-15-12(10(7)11(13)16-19)17-5-3-4-9(18)6-17/h9,18-19H,3-6H2,1-2H3,(H2,13,16). The Morgan fingerprint density at radius 2 is 2.16 bits per heavy atom. The van der Waals surface area contributed by atoms with Crippen LogP contribution in [0.15, 0.2) is 5.16 Å². The fraction of sp³-hybridized carbons (Fsp3) is 0.583. The Hall–Kier alpha value is -1.89. The first-order chi connectivity index (χ1) is 9.04. The third kappa shape index (κ3) is 2.60. The summed E-state index contributed by atoms with van der Waals surface area (Å²) in [6.07, 6.45) is 1.29. The molecule has 0 amide bonds. The Balaban J connectivity index is 2.47. The van der Waals surface area contributed by atoms with E-state index in [0.29, 0.717) is 17.9 Å². The number of β-amino-alcohol motifs (C(OH)–C–C–N with tert-alkyl or cyclic N) is 1. The third-order valence-electron chi connectivity index (χ3n) is 3.50. The molecule has 0 bridgehead atoms. The second-order valence-electron chi connectivity index (χ2n) is 4.84. The number of aromatic nitrogens is 2. The molecule has 1 aliphatic heterocycles. The van der Waals surface area contributed by atoms with Crippen LogP contribution in [0.5, 0.6) is 0 Å². The summed E-state index contributed by atoms with van der Waals surface area (Å²) in [6.45, 7) is 4.95. The van der Waals surface area contributed by atoms with Gasteiger partial charge in [0.25, 0.3) is 0 Å². The van der Waals surface area contributed by atoms with Crippen molar-refractivity contribution in [3.05, 3.63) is 16.8 Å². The molecule has 1 aromatic rings. The maximum atomic E-state index is 9.75. The van der Waals surface area contributed by atoms with E-state index in [-0.39, 0.29) is 11.9 Å². The summed E-state index contributed by atoms with van der Waals surface area (Å²) in [5, 5.41) is 30.0. The van der Waals surface area contributed by atoms with Gasteiger partial charge in [-0.25, -0.2) is 0 Å². The van der Waals surface area contributed by atoms with E-state index in [1.807, 2.05) is 18.7 Å². The van der Waals surface area contributed by atoms with E-state index < -0.39 is 0 Å². The summed E-state index contributed by atoms with van der Waals surface area (Å²) in [6, 6.07) is 0. The van der Waals surface area contributed by atoms with E-state index in [1.54, 1.807) is 0 Å². The van der Waals surface area contributed by atoms with Crippen molar-refractivity contribution >= 4 is 11.7 Å². The quantitative estimate of drug-likeness (QED) is 0.304. The molecule has 4 N–H and O–H groups in total. The zero-order valence-electron chi connectivity index (χ0n) is 11.2. The van der Waals surface area contributed by atoms with Gasteiger partial charge in [0, 0.05) is 13.1 Å². The molecular formula is C12H19N5O2. The van der Waals surface area contributed by atoms with Crippen molar-refractivity contribution in [1.82, 2.24) is 10.2 Å². The van der Waals surface area contributed by atoms with Crippen molar-refractivity contribution in [3.63, 3.8) is 0 Å². The average Bonchev–Trinajstić information content (AvgIpc) is 2.40. The maximum Gasteiger partial charge on any atom is 0.174 e. The molecule has 0 saturated carbocycles. The number of aliphatic hydroxyl groups excluding tert-OH is 1. The second-order valence-corrected chi connectivity index (χ2v) is 4.84. The first-order valence-electron chi connectivity index (χ1n) is 6.29. The number of oxime groups is 1. The molecule has 2 rings (SSSR count). The Morgan fingerprint density at radius 1 is 1.42 bits per heavy atom. The van der Waals surface area contributed by atoms with Gasteiger partial charge in [0.15, 0.2) is 11.7 Å². The normalized spacial score (nSPS) is 20.7. The van der Waals surface area contributed by atoms with Gasteiger partial charge in [-0.2, -0.15) is 5.10 Å². The Morgan fingerprint density at radius 3 is 2.79 bits per heavy atom. The van der Waals surface area contributed by atoms with Gasteiger partial charge in [-0.15, -0.1) is 5.10 Å². The first-order valence-corrected chi connectivity index (χ1v) is 6.29. The van der Waals surface area contributed by atoms with Gasteiger partial charge in [-0.1, -0.05) is 5.16 Å². The van der Waals surface area contributed by atoms with Crippen molar-refractivity contribution in [1.29, 1.82) is 0 Å². The molecule has 104 valence electrons. The van der Waals surface area contributed by atoms with E-state index in [0.717, 1.165) is 30.6 Å². The van der Waals surface area contributed by atoms with Crippen molar-refractivity contribution in [3.8, 4) is 0 Å². The number of nitrogens with two attached hydrogens (primary N) is 1. The molecule has 0 spiro atoms. The zero-order valence-corrected chi connectivity index (χ0v) is 11.2. The van der Waals surface area contributed by atoms with Crippen molar-refractivity contribution < 1.29 is 10.3 Å². The lowest BCUT2D eigenvalue weighted by molar-refractivity contribution is 0.153. The molecule has 0 radical (unpaired) electrons. The fourth-order valence-corrected chi connectivity index (χ4v) is 2.32. The highest BCUT2D eigenvalue weighted by Gasteiger charge is 2.24. The number of hydrogen-bond donors (Lipinski definition) is 3. The van der Waals surface area contributed by atoms with Crippen LogP contribution in [0.4, 0.5) is 5.82 Å². The van der Waals surface area contributed by atoms with Crippen LogP contribution >= 0.6 is 0 Å². The van der Waals surface area contributed by atoms with Crippen LogP contribution in [0.25, 0.3) is 0 Å². The predicted molar refractivity (Wildman–Crippen MR) is 71.5 cm³/mol. The SMILES string of the molecule is Cc1nnc(N2CCCC(O)C2)c(C(N)=NO)c1C. The molecule has 7 heteroatoms. The van der Waals surface area contributed by atoms with E-state index in [2.05, 4.69) is 15.4 Å². The minimum atomic E-state index is -0.378. The summed E-state index contributed by atoms with van der Waals surface area (Å²) in [5.74, 6) is 0.586. The van der Waals surface area contributed by atoms with Crippen LogP contribution < -0.4 is 10.6 Å². The maximum absolute atomic E-state index is 9.75. The smallest absolute Gasteiger partial charge is 0.174 e. The summed E-state index contributed by atoms with van der Waals surface area (Å²) in [7, 11) is 0. The average molecular weight is 265 g/mol. The van der Waals surface area contributed by atoms with E-state index in [9.17, 15) is 5.11 Å². The van der Waals surface area contributed by atoms with Gasteiger partial charge in [0.2, 0.25) is 0 Å². The third-order valence-corrected chi connectivity index (χ3v) is 3.50. The van der Waals surface area contributed by atoms with Gasteiger partial charge in [0.1, 0.15) is 0 Å². The van der Waals surface area contributed by atoms with Gasteiger partial charge < -0.3 is 20.9 Å². The van der Waals surface area contributed by atoms with E-state index >= 15 is 0 Å². The zero-order chi connectivity index (χ0) is 14.0. The molecular weight excluding hydrogens is 246 g/mol. The van der Waals surface area contributed by atoms with Crippen LogP contribution in [0.3, 0.4) is 0 Å². The molecule has 0 aliphatic carbocycles.